The maximum absolute atomic E-state index is 6.11. The number of hydrogen-bond donors (Lipinski definition) is 0. The van der Waals surface area contributed by atoms with Gasteiger partial charge in [-0.25, -0.2) is 19.9 Å². The number of rotatable bonds is 3. The SMILES string of the molecule is CCCc1nc(Cl)c(C)c(-c2cncnc2)n1. The Morgan fingerprint density at radius 3 is 2.53 bits per heavy atom. The number of halogens is 1. The summed E-state index contributed by atoms with van der Waals surface area (Å²) in [5.74, 6) is 0.766. The van der Waals surface area contributed by atoms with Crippen LogP contribution in [0.2, 0.25) is 5.15 Å². The summed E-state index contributed by atoms with van der Waals surface area (Å²) < 4.78 is 0. The Kier molecular flexibility index (Phi) is 3.64. The lowest BCUT2D eigenvalue weighted by Crippen LogP contribution is -2.01. The highest BCUT2D eigenvalue weighted by Crippen LogP contribution is 2.24. The van der Waals surface area contributed by atoms with Gasteiger partial charge in [-0.15, -0.1) is 0 Å². The van der Waals surface area contributed by atoms with E-state index in [9.17, 15) is 0 Å². The van der Waals surface area contributed by atoms with E-state index in [-0.39, 0.29) is 0 Å². The molecule has 0 saturated carbocycles. The molecule has 0 aliphatic carbocycles. The van der Waals surface area contributed by atoms with E-state index in [0.717, 1.165) is 35.5 Å². The summed E-state index contributed by atoms with van der Waals surface area (Å²) in [7, 11) is 0. The molecule has 2 aromatic heterocycles. The minimum atomic E-state index is 0.502. The minimum Gasteiger partial charge on any atom is -0.244 e. The van der Waals surface area contributed by atoms with Gasteiger partial charge in [0.15, 0.2) is 0 Å². The zero-order valence-electron chi connectivity index (χ0n) is 9.81. The van der Waals surface area contributed by atoms with Crippen LogP contribution in [0.15, 0.2) is 18.7 Å². The summed E-state index contributed by atoms with van der Waals surface area (Å²) in [6.45, 7) is 3.99. The van der Waals surface area contributed by atoms with E-state index < -0.39 is 0 Å². The van der Waals surface area contributed by atoms with E-state index in [0.29, 0.717) is 5.15 Å². The van der Waals surface area contributed by atoms with Crippen LogP contribution in [0, 0.1) is 6.92 Å². The number of hydrogen-bond acceptors (Lipinski definition) is 4. The molecule has 2 rings (SSSR count). The van der Waals surface area contributed by atoms with E-state index in [2.05, 4.69) is 26.9 Å². The Morgan fingerprint density at radius 2 is 1.88 bits per heavy atom. The van der Waals surface area contributed by atoms with Gasteiger partial charge in [-0.05, 0) is 13.3 Å². The van der Waals surface area contributed by atoms with Gasteiger partial charge in [0.25, 0.3) is 0 Å². The third-order valence-corrected chi connectivity index (χ3v) is 2.81. The molecule has 0 bridgehead atoms. The van der Waals surface area contributed by atoms with Gasteiger partial charge in [0.2, 0.25) is 0 Å². The number of aryl methyl sites for hydroxylation is 1. The van der Waals surface area contributed by atoms with Gasteiger partial charge in [0, 0.05) is 29.9 Å². The molecule has 0 aliphatic heterocycles. The Labute approximate surface area is 105 Å². The molecule has 0 radical (unpaired) electrons. The first-order chi connectivity index (χ1) is 8.22. The molecule has 2 aromatic rings. The Bertz CT molecular complexity index is 513. The normalized spacial score (nSPS) is 10.5. The minimum absolute atomic E-state index is 0.502. The Hall–Kier alpha value is -1.55. The molecule has 0 aromatic carbocycles. The molecule has 0 spiro atoms. The smallest absolute Gasteiger partial charge is 0.136 e. The largest absolute Gasteiger partial charge is 0.244 e. The van der Waals surface area contributed by atoms with Crippen molar-refractivity contribution in [1.29, 1.82) is 0 Å². The molecule has 4 nitrogen and oxygen atoms in total. The molecule has 5 heteroatoms. The molecule has 2 heterocycles. The molecule has 17 heavy (non-hydrogen) atoms. The Morgan fingerprint density at radius 1 is 1.18 bits per heavy atom. The van der Waals surface area contributed by atoms with Crippen molar-refractivity contribution in [1.82, 2.24) is 19.9 Å². The maximum atomic E-state index is 6.11. The third kappa shape index (κ3) is 2.58. The molecule has 0 N–H and O–H groups in total. The monoisotopic (exact) mass is 248 g/mol. The lowest BCUT2D eigenvalue weighted by Gasteiger charge is -2.08. The highest BCUT2D eigenvalue weighted by Gasteiger charge is 2.11. The predicted molar refractivity (Wildman–Crippen MR) is 66.8 cm³/mol. The molecule has 0 fully saturated rings. The van der Waals surface area contributed by atoms with E-state index in [4.69, 9.17) is 11.6 Å². The lowest BCUT2D eigenvalue weighted by atomic mass is 10.1. The fraction of sp³-hybridized carbons (Fsp3) is 0.333. The van der Waals surface area contributed by atoms with Crippen molar-refractivity contribution in [3.8, 4) is 11.3 Å². The van der Waals surface area contributed by atoms with Crippen molar-refractivity contribution >= 4 is 11.6 Å². The van der Waals surface area contributed by atoms with Crippen molar-refractivity contribution < 1.29 is 0 Å². The molecular weight excluding hydrogens is 236 g/mol. The zero-order chi connectivity index (χ0) is 12.3. The standard InChI is InChI=1S/C12H13ClN4/c1-3-4-10-16-11(8(2)12(13)17-10)9-5-14-7-15-6-9/h5-7H,3-4H2,1-2H3. The topological polar surface area (TPSA) is 51.6 Å². The van der Waals surface area contributed by atoms with Crippen molar-refractivity contribution in [3.05, 3.63) is 35.3 Å². The van der Waals surface area contributed by atoms with Crippen LogP contribution in [0.5, 0.6) is 0 Å². The fourth-order valence-corrected chi connectivity index (χ4v) is 1.76. The second-order valence-electron chi connectivity index (χ2n) is 3.78. The summed E-state index contributed by atoms with van der Waals surface area (Å²) in [6, 6.07) is 0. The molecule has 88 valence electrons. The van der Waals surface area contributed by atoms with Gasteiger partial charge in [0.1, 0.15) is 17.3 Å². The molecule has 0 saturated heterocycles. The highest BCUT2D eigenvalue weighted by molar-refractivity contribution is 6.30. The zero-order valence-corrected chi connectivity index (χ0v) is 10.6. The summed E-state index contributed by atoms with van der Waals surface area (Å²) >= 11 is 6.11. The first kappa shape index (κ1) is 11.9. The van der Waals surface area contributed by atoms with Crippen molar-refractivity contribution in [2.24, 2.45) is 0 Å². The quantitative estimate of drug-likeness (QED) is 0.784. The van der Waals surface area contributed by atoms with Crippen LogP contribution < -0.4 is 0 Å². The van der Waals surface area contributed by atoms with Crippen LogP contribution >= 0.6 is 11.6 Å². The molecule has 0 aliphatic rings. The van der Waals surface area contributed by atoms with E-state index in [1.807, 2.05) is 6.92 Å². The van der Waals surface area contributed by atoms with Gasteiger partial charge in [0.05, 0.1) is 5.69 Å². The summed E-state index contributed by atoms with van der Waals surface area (Å²) in [4.78, 5) is 16.8. The first-order valence-corrected chi connectivity index (χ1v) is 5.88. The number of aromatic nitrogens is 4. The maximum Gasteiger partial charge on any atom is 0.136 e. The molecule has 0 amide bonds. The van der Waals surface area contributed by atoms with Crippen LogP contribution in [-0.2, 0) is 6.42 Å². The van der Waals surface area contributed by atoms with Crippen molar-refractivity contribution in [2.45, 2.75) is 26.7 Å². The van der Waals surface area contributed by atoms with E-state index in [1.165, 1.54) is 6.33 Å². The van der Waals surface area contributed by atoms with Gasteiger partial charge in [-0.3, -0.25) is 0 Å². The average molecular weight is 249 g/mol. The van der Waals surface area contributed by atoms with Gasteiger partial charge in [-0.2, -0.15) is 0 Å². The summed E-state index contributed by atoms with van der Waals surface area (Å²) in [5, 5.41) is 0.502. The van der Waals surface area contributed by atoms with Crippen LogP contribution in [0.3, 0.4) is 0 Å². The fourth-order valence-electron chi connectivity index (χ4n) is 1.57. The van der Waals surface area contributed by atoms with E-state index in [1.54, 1.807) is 12.4 Å². The van der Waals surface area contributed by atoms with Gasteiger partial charge >= 0.3 is 0 Å². The molecule has 0 atom stereocenters. The highest BCUT2D eigenvalue weighted by atomic mass is 35.5. The van der Waals surface area contributed by atoms with Crippen LogP contribution in [0.1, 0.15) is 24.7 Å². The number of nitrogens with zero attached hydrogens (tertiary/aromatic N) is 4. The molecular formula is C12H13ClN4. The van der Waals surface area contributed by atoms with E-state index >= 15 is 0 Å². The van der Waals surface area contributed by atoms with Crippen molar-refractivity contribution in [3.63, 3.8) is 0 Å². The first-order valence-electron chi connectivity index (χ1n) is 5.50. The second-order valence-corrected chi connectivity index (χ2v) is 4.14. The van der Waals surface area contributed by atoms with Crippen LogP contribution in [0.4, 0.5) is 0 Å². The van der Waals surface area contributed by atoms with Crippen LogP contribution in [-0.4, -0.2) is 19.9 Å². The van der Waals surface area contributed by atoms with Gasteiger partial charge < -0.3 is 0 Å². The third-order valence-electron chi connectivity index (χ3n) is 2.44. The molecule has 0 unspecified atom stereocenters. The van der Waals surface area contributed by atoms with Crippen molar-refractivity contribution in [2.75, 3.05) is 0 Å². The van der Waals surface area contributed by atoms with Gasteiger partial charge in [-0.1, -0.05) is 18.5 Å². The summed E-state index contributed by atoms with van der Waals surface area (Å²) in [6.07, 6.45) is 6.77. The summed E-state index contributed by atoms with van der Waals surface area (Å²) in [5.41, 5.74) is 2.54. The predicted octanol–water partition coefficient (Wildman–Crippen LogP) is 2.85. The average Bonchev–Trinajstić information content (AvgIpc) is 2.35. The lowest BCUT2D eigenvalue weighted by molar-refractivity contribution is 0.832. The Balaban J connectivity index is 2.53. The second kappa shape index (κ2) is 5.19. The van der Waals surface area contributed by atoms with Crippen LogP contribution in [0.25, 0.3) is 11.3 Å².